The van der Waals surface area contributed by atoms with Gasteiger partial charge in [-0.15, -0.1) is 0 Å². The lowest BCUT2D eigenvalue weighted by molar-refractivity contribution is 0.0713. The van der Waals surface area contributed by atoms with Crippen LogP contribution < -0.4 is 5.73 Å². The molecule has 5 rings (SSSR count). The molecular weight excluding hydrogens is 424 g/mol. The third kappa shape index (κ3) is 4.19. The van der Waals surface area contributed by atoms with Crippen LogP contribution in [0.3, 0.4) is 0 Å². The molecule has 7 nitrogen and oxygen atoms in total. The lowest BCUT2D eigenvalue weighted by Crippen LogP contribution is -2.38. The Morgan fingerprint density at radius 2 is 1.74 bits per heavy atom. The van der Waals surface area contributed by atoms with Gasteiger partial charge in [0, 0.05) is 37.3 Å². The number of nitrogens with two attached hydrogens (primary N) is 1. The van der Waals surface area contributed by atoms with Gasteiger partial charge in [-0.25, -0.2) is 4.98 Å². The van der Waals surface area contributed by atoms with Crippen LogP contribution in [-0.2, 0) is 6.54 Å². The van der Waals surface area contributed by atoms with Crippen molar-refractivity contribution < 1.29 is 4.79 Å². The molecule has 2 aromatic carbocycles. The number of hydrogen-bond acceptors (Lipinski definition) is 5. The highest BCUT2D eigenvalue weighted by Crippen LogP contribution is 2.40. The summed E-state index contributed by atoms with van der Waals surface area (Å²) in [5, 5.41) is 18.4. The summed E-state index contributed by atoms with van der Waals surface area (Å²) in [6, 6.07) is 17.7. The van der Waals surface area contributed by atoms with E-state index in [4.69, 9.17) is 11.0 Å². The third-order valence-electron chi connectivity index (χ3n) is 6.90. The van der Waals surface area contributed by atoms with Gasteiger partial charge in [0.05, 0.1) is 17.3 Å². The number of nitriles is 2. The van der Waals surface area contributed by atoms with Crippen LogP contribution in [-0.4, -0.2) is 33.4 Å². The van der Waals surface area contributed by atoms with Crippen LogP contribution in [0.4, 0.5) is 0 Å². The molecule has 1 saturated carbocycles. The first-order valence-electron chi connectivity index (χ1n) is 11.7. The van der Waals surface area contributed by atoms with Crippen molar-refractivity contribution in [1.29, 1.82) is 10.5 Å². The Morgan fingerprint density at radius 1 is 1.00 bits per heavy atom. The van der Waals surface area contributed by atoms with Crippen molar-refractivity contribution in [2.75, 3.05) is 13.1 Å². The largest absolute Gasteiger partial charge is 0.339 e. The molecule has 0 unspecified atom stereocenters. The summed E-state index contributed by atoms with van der Waals surface area (Å²) >= 11 is 0. The lowest BCUT2D eigenvalue weighted by Gasteiger charge is -2.32. The fraction of sp³-hybridized carbons (Fsp3) is 0.333. The molecule has 170 valence electrons. The number of rotatable bonds is 5. The van der Waals surface area contributed by atoms with Crippen molar-refractivity contribution >= 4 is 5.91 Å². The van der Waals surface area contributed by atoms with Crippen LogP contribution in [0.5, 0.6) is 0 Å². The summed E-state index contributed by atoms with van der Waals surface area (Å²) in [4.78, 5) is 19.8. The van der Waals surface area contributed by atoms with Crippen LogP contribution in [0.2, 0.25) is 0 Å². The van der Waals surface area contributed by atoms with Crippen LogP contribution in [0.25, 0.3) is 5.69 Å². The van der Waals surface area contributed by atoms with Crippen molar-refractivity contribution in [3.05, 3.63) is 82.4 Å². The van der Waals surface area contributed by atoms with Gasteiger partial charge in [0.2, 0.25) is 0 Å². The monoisotopic (exact) mass is 450 g/mol. The first-order valence-corrected chi connectivity index (χ1v) is 11.7. The molecule has 2 fully saturated rings. The van der Waals surface area contributed by atoms with Crippen molar-refractivity contribution in [3.63, 3.8) is 0 Å². The van der Waals surface area contributed by atoms with E-state index in [9.17, 15) is 10.1 Å². The van der Waals surface area contributed by atoms with Gasteiger partial charge in [-0.05, 0) is 67.0 Å². The standard InChI is InChI=1S/C27H26N6O/c28-14-18-1-3-19(4-2-18)20-9-11-32(12-10-20)27(34)22-7-8-23(15-29)25(13-22)33-17-24(16-30)31-26(33)21-5-6-21/h1-4,7-8,13,17,20-21H,5-6,9-12,15,29H2. The van der Waals surface area contributed by atoms with Crippen molar-refractivity contribution in [2.24, 2.45) is 5.73 Å². The molecule has 3 aromatic rings. The van der Waals surface area contributed by atoms with E-state index >= 15 is 0 Å². The van der Waals surface area contributed by atoms with Crippen LogP contribution in [0, 0.1) is 22.7 Å². The highest BCUT2D eigenvalue weighted by molar-refractivity contribution is 5.95. The first-order chi connectivity index (χ1) is 16.6. The van der Waals surface area contributed by atoms with Gasteiger partial charge in [0.1, 0.15) is 11.9 Å². The van der Waals surface area contributed by atoms with E-state index < -0.39 is 0 Å². The number of benzene rings is 2. The minimum atomic E-state index is 0.0108. The van der Waals surface area contributed by atoms with E-state index in [0.717, 1.165) is 42.8 Å². The van der Waals surface area contributed by atoms with Gasteiger partial charge in [-0.2, -0.15) is 10.5 Å². The molecule has 2 heterocycles. The van der Waals surface area contributed by atoms with Crippen LogP contribution >= 0.6 is 0 Å². The number of carbonyl (C=O) groups is 1. The molecule has 0 spiro atoms. The predicted octanol–water partition coefficient (Wildman–Crippen LogP) is 3.97. The highest BCUT2D eigenvalue weighted by Gasteiger charge is 2.30. The Bertz CT molecular complexity index is 1300. The molecule has 7 heteroatoms. The summed E-state index contributed by atoms with van der Waals surface area (Å²) in [7, 11) is 0. The zero-order valence-electron chi connectivity index (χ0n) is 18.9. The smallest absolute Gasteiger partial charge is 0.253 e. The Hall–Kier alpha value is -3.94. The minimum absolute atomic E-state index is 0.0108. The number of aromatic nitrogens is 2. The second-order valence-electron chi connectivity index (χ2n) is 9.09. The van der Waals surface area contributed by atoms with E-state index in [1.165, 1.54) is 5.56 Å². The van der Waals surface area contributed by atoms with Crippen molar-refractivity contribution in [2.45, 2.75) is 44.1 Å². The normalized spacial score (nSPS) is 16.1. The number of likely N-dealkylation sites (tertiary alicyclic amines) is 1. The van der Waals surface area contributed by atoms with E-state index in [0.29, 0.717) is 48.3 Å². The van der Waals surface area contributed by atoms with Gasteiger partial charge in [0.15, 0.2) is 5.69 Å². The fourth-order valence-electron chi connectivity index (χ4n) is 4.79. The maximum atomic E-state index is 13.4. The number of carbonyl (C=O) groups excluding carboxylic acids is 1. The van der Waals surface area contributed by atoms with Crippen LogP contribution in [0.15, 0.2) is 48.7 Å². The van der Waals surface area contributed by atoms with Crippen molar-refractivity contribution in [3.8, 4) is 17.8 Å². The van der Waals surface area contributed by atoms with Gasteiger partial charge in [0.25, 0.3) is 5.91 Å². The first kappa shape index (κ1) is 21.9. The molecule has 1 aliphatic heterocycles. The zero-order chi connectivity index (χ0) is 23.7. The summed E-state index contributed by atoms with van der Waals surface area (Å²) < 4.78 is 1.95. The topological polar surface area (TPSA) is 112 Å². The maximum Gasteiger partial charge on any atom is 0.253 e. The molecule has 0 radical (unpaired) electrons. The SMILES string of the molecule is N#Cc1ccc(C2CCN(C(=O)c3ccc(CN)c(-n4cc(C#N)nc4C4CC4)c3)CC2)cc1. The Kier molecular flexibility index (Phi) is 5.88. The third-order valence-corrected chi connectivity index (χ3v) is 6.90. The quantitative estimate of drug-likeness (QED) is 0.632. The number of amides is 1. The number of imidazole rings is 1. The van der Waals surface area contributed by atoms with E-state index in [2.05, 4.69) is 17.1 Å². The van der Waals surface area contributed by atoms with Gasteiger partial charge in [-0.3, -0.25) is 4.79 Å². The molecular formula is C27H26N6O. The number of piperidine rings is 1. The average molecular weight is 451 g/mol. The number of nitrogens with zero attached hydrogens (tertiary/aromatic N) is 5. The molecule has 34 heavy (non-hydrogen) atoms. The minimum Gasteiger partial charge on any atom is -0.339 e. The molecule has 0 bridgehead atoms. The maximum absolute atomic E-state index is 13.4. The summed E-state index contributed by atoms with van der Waals surface area (Å²) in [6.45, 7) is 1.72. The molecule has 0 atom stereocenters. The molecule has 1 saturated heterocycles. The van der Waals surface area contributed by atoms with Gasteiger partial charge in [-0.1, -0.05) is 18.2 Å². The number of hydrogen-bond donors (Lipinski definition) is 1. The molecule has 1 aliphatic carbocycles. The lowest BCUT2D eigenvalue weighted by atomic mass is 9.89. The zero-order valence-corrected chi connectivity index (χ0v) is 18.9. The Labute approximate surface area is 199 Å². The predicted molar refractivity (Wildman–Crippen MR) is 127 cm³/mol. The fourth-order valence-corrected chi connectivity index (χ4v) is 4.79. The summed E-state index contributed by atoms with van der Waals surface area (Å²) in [5.74, 6) is 1.63. The van der Waals surface area contributed by atoms with Crippen LogP contribution in [0.1, 0.15) is 76.1 Å². The Morgan fingerprint density at radius 3 is 2.35 bits per heavy atom. The second kappa shape index (κ2) is 9.13. The second-order valence-corrected chi connectivity index (χ2v) is 9.09. The van der Waals surface area contributed by atoms with E-state index in [-0.39, 0.29) is 5.91 Å². The Balaban J connectivity index is 1.36. The van der Waals surface area contributed by atoms with E-state index in [1.807, 2.05) is 51.9 Å². The van der Waals surface area contributed by atoms with Crippen molar-refractivity contribution in [1.82, 2.24) is 14.5 Å². The summed E-state index contributed by atoms with van der Waals surface area (Å²) in [6.07, 6.45) is 5.66. The van der Waals surface area contributed by atoms with Gasteiger partial charge < -0.3 is 15.2 Å². The van der Waals surface area contributed by atoms with Gasteiger partial charge >= 0.3 is 0 Å². The molecule has 2 N–H and O–H groups in total. The average Bonchev–Trinajstić information content (AvgIpc) is 3.66. The molecule has 1 amide bonds. The summed E-state index contributed by atoms with van der Waals surface area (Å²) in [5.41, 5.74) is 10.7. The highest BCUT2D eigenvalue weighted by atomic mass is 16.2. The molecule has 2 aliphatic rings. The van der Waals surface area contributed by atoms with E-state index in [1.54, 1.807) is 6.20 Å². The molecule has 1 aromatic heterocycles.